The zero-order valence-corrected chi connectivity index (χ0v) is 15.1. The Labute approximate surface area is 155 Å². The van der Waals surface area contributed by atoms with E-state index in [-0.39, 0.29) is 18.0 Å². The van der Waals surface area contributed by atoms with Crippen molar-refractivity contribution in [2.24, 2.45) is 0 Å². The van der Waals surface area contributed by atoms with Gasteiger partial charge >= 0.3 is 0 Å². The molecule has 7 nitrogen and oxygen atoms in total. The third-order valence-electron chi connectivity index (χ3n) is 3.63. The first-order valence-corrected chi connectivity index (χ1v) is 9.26. The van der Waals surface area contributed by atoms with Crippen LogP contribution >= 0.6 is 11.8 Å². The molecular formula is C18H19N5O2S. The molecule has 0 atom stereocenters. The molecule has 0 unspecified atom stereocenters. The van der Waals surface area contributed by atoms with Gasteiger partial charge in [0.2, 0.25) is 0 Å². The van der Waals surface area contributed by atoms with Crippen molar-refractivity contribution >= 4 is 17.7 Å². The van der Waals surface area contributed by atoms with E-state index in [1.54, 1.807) is 47.0 Å². The zero-order valence-electron chi connectivity index (χ0n) is 14.3. The number of nitrogens with zero attached hydrogens (tertiary/aromatic N) is 4. The summed E-state index contributed by atoms with van der Waals surface area (Å²) in [6.07, 6.45) is 3.39. The molecule has 0 fully saturated rings. The van der Waals surface area contributed by atoms with Gasteiger partial charge in [0, 0.05) is 29.9 Å². The summed E-state index contributed by atoms with van der Waals surface area (Å²) in [6.45, 7) is 2.63. The maximum atomic E-state index is 12.4. The Morgan fingerprint density at radius 3 is 2.81 bits per heavy atom. The summed E-state index contributed by atoms with van der Waals surface area (Å²) in [5.74, 6) is 1.28. The second kappa shape index (κ2) is 8.48. The molecule has 2 heterocycles. The standard InChI is InChI=1S/C18H19N5O2S/c1-2-26-15-7-4-3-6-14(15)18(25)19-11-13-23-17(24)9-8-16(21-23)22-12-5-10-20-22/h3-10,12H,2,11,13H2,1H3,(H,19,25). The van der Waals surface area contributed by atoms with E-state index in [1.807, 2.05) is 25.1 Å². The number of carbonyl (C=O) groups is 1. The van der Waals surface area contributed by atoms with Crippen molar-refractivity contribution in [3.05, 3.63) is 70.8 Å². The van der Waals surface area contributed by atoms with Gasteiger partial charge in [0.1, 0.15) is 0 Å². The highest BCUT2D eigenvalue weighted by Crippen LogP contribution is 2.21. The largest absolute Gasteiger partial charge is 0.350 e. The predicted octanol–water partition coefficient (Wildman–Crippen LogP) is 1.97. The minimum absolute atomic E-state index is 0.155. The van der Waals surface area contributed by atoms with Gasteiger partial charge in [0.05, 0.1) is 12.1 Å². The highest BCUT2D eigenvalue weighted by atomic mass is 32.2. The number of hydrogen-bond donors (Lipinski definition) is 1. The molecule has 0 aliphatic heterocycles. The molecule has 2 aromatic heterocycles. The van der Waals surface area contributed by atoms with Gasteiger partial charge in [0.25, 0.3) is 11.5 Å². The van der Waals surface area contributed by atoms with Crippen LogP contribution in [-0.4, -0.2) is 37.8 Å². The molecule has 1 aromatic carbocycles. The summed E-state index contributed by atoms with van der Waals surface area (Å²) in [7, 11) is 0. The SMILES string of the molecule is CCSc1ccccc1C(=O)NCCn1nc(-n2cccn2)ccc1=O. The van der Waals surface area contributed by atoms with Crippen LogP contribution in [0.25, 0.3) is 5.82 Å². The molecule has 0 aliphatic carbocycles. The van der Waals surface area contributed by atoms with E-state index >= 15 is 0 Å². The third kappa shape index (κ3) is 4.20. The predicted molar refractivity (Wildman–Crippen MR) is 101 cm³/mol. The van der Waals surface area contributed by atoms with Crippen molar-refractivity contribution in [2.45, 2.75) is 18.4 Å². The number of aromatic nitrogens is 4. The van der Waals surface area contributed by atoms with Gasteiger partial charge < -0.3 is 5.32 Å². The van der Waals surface area contributed by atoms with E-state index in [1.165, 1.54) is 10.7 Å². The minimum Gasteiger partial charge on any atom is -0.350 e. The van der Waals surface area contributed by atoms with Crippen LogP contribution in [0.15, 0.2) is 64.5 Å². The van der Waals surface area contributed by atoms with Crippen LogP contribution in [0.1, 0.15) is 17.3 Å². The van der Waals surface area contributed by atoms with Crippen molar-refractivity contribution in [1.29, 1.82) is 0 Å². The lowest BCUT2D eigenvalue weighted by Gasteiger charge is -2.10. The number of benzene rings is 1. The first kappa shape index (κ1) is 17.9. The Hall–Kier alpha value is -2.87. The lowest BCUT2D eigenvalue weighted by molar-refractivity contribution is 0.0949. The summed E-state index contributed by atoms with van der Waals surface area (Å²) in [6, 6.07) is 12.3. The van der Waals surface area contributed by atoms with Crippen molar-refractivity contribution in [3.8, 4) is 5.82 Å². The Kier molecular flexibility index (Phi) is 5.85. The maximum Gasteiger partial charge on any atom is 0.266 e. The Bertz CT molecular complexity index is 937. The molecule has 26 heavy (non-hydrogen) atoms. The fraction of sp³-hybridized carbons (Fsp3) is 0.222. The Morgan fingerprint density at radius 1 is 1.19 bits per heavy atom. The van der Waals surface area contributed by atoms with Crippen LogP contribution in [-0.2, 0) is 6.54 Å². The molecule has 134 valence electrons. The van der Waals surface area contributed by atoms with Gasteiger partial charge in [-0.15, -0.1) is 16.9 Å². The molecule has 0 bridgehead atoms. The van der Waals surface area contributed by atoms with Gasteiger partial charge in [0.15, 0.2) is 5.82 Å². The van der Waals surface area contributed by atoms with Crippen molar-refractivity contribution in [1.82, 2.24) is 24.9 Å². The number of amides is 1. The van der Waals surface area contributed by atoms with Crippen LogP contribution in [0.5, 0.6) is 0 Å². The molecule has 1 amide bonds. The average molecular weight is 369 g/mol. The molecule has 3 rings (SSSR count). The monoisotopic (exact) mass is 369 g/mol. The van der Waals surface area contributed by atoms with Crippen LogP contribution in [0.4, 0.5) is 0 Å². The molecule has 8 heteroatoms. The van der Waals surface area contributed by atoms with E-state index in [0.717, 1.165) is 10.6 Å². The average Bonchev–Trinajstić information content (AvgIpc) is 3.18. The molecular weight excluding hydrogens is 350 g/mol. The van der Waals surface area contributed by atoms with Gasteiger partial charge in [-0.3, -0.25) is 9.59 Å². The van der Waals surface area contributed by atoms with E-state index in [9.17, 15) is 9.59 Å². The topological polar surface area (TPSA) is 81.8 Å². The number of carbonyl (C=O) groups excluding carboxylic acids is 1. The smallest absolute Gasteiger partial charge is 0.266 e. The summed E-state index contributed by atoms with van der Waals surface area (Å²) in [5.41, 5.74) is 0.419. The lowest BCUT2D eigenvalue weighted by atomic mass is 10.2. The fourth-order valence-corrected chi connectivity index (χ4v) is 3.23. The maximum absolute atomic E-state index is 12.4. The third-order valence-corrected chi connectivity index (χ3v) is 4.59. The van der Waals surface area contributed by atoms with E-state index in [4.69, 9.17) is 0 Å². The fourth-order valence-electron chi connectivity index (χ4n) is 2.43. The number of thioether (sulfide) groups is 1. The zero-order chi connectivity index (χ0) is 18.4. The molecule has 0 saturated carbocycles. The van der Waals surface area contributed by atoms with Gasteiger partial charge in [-0.05, 0) is 30.0 Å². The normalized spacial score (nSPS) is 10.7. The van der Waals surface area contributed by atoms with Gasteiger partial charge in [-0.25, -0.2) is 9.36 Å². The van der Waals surface area contributed by atoms with Gasteiger partial charge in [-0.2, -0.15) is 5.10 Å². The van der Waals surface area contributed by atoms with Crippen LogP contribution in [0, 0.1) is 0 Å². The molecule has 3 aromatic rings. The van der Waals surface area contributed by atoms with Gasteiger partial charge in [-0.1, -0.05) is 19.1 Å². The van der Waals surface area contributed by atoms with E-state index < -0.39 is 0 Å². The minimum atomic E-state index is -0.225. The summed E-state index contributed by atoms with van der Waals surface area (Å²) < 4.78 is 2.90. The van der Waals surface area contributed by atoms with Crippen LogP contribution < -0.4 is 10.9 Å². The molecule has 0 aliphatic rings. The molecule has 0 radical (unpaired) electrons. The van der Waals surface area contributed by atoms with Crippen LogP contribution in [0.3, 0.4) is 0 Å². The van der Waals surface area contributed by atoms with E-state index in [0.29, 0.717) is 17.9 Å². The highest BCUT2D eigenvalue weighted by Gasteiger charge is 2.10. The first-order valence-electron chi connectivity index (χ1n) is 8.27. The summed E-state index contributed by atoms with van der Waals surface area (Å²) in [5, 5.41) is 11.2. The molecule has 0 saturated heterocycles. The Morgan fingerprint density at radius 2 is 2.04 bits per heavy atom. The summed E-state index contributed by atoms with van der Waals surface area (Å²) >= 11 is 1.62. The van der Waals surface area contributed by atoms with Crippen molar-refractivity contribution in [3.63, 3.8) is 0 Å². The highest BCUT2D eigenvalue weighted by molar-refractivity contribution is 7.99. The number of nitrogens with one attached hydrogen (secondary N) is 1. The second-order valence-electron chi connectivity index (χ2n) is 5.39. The molecule has 0 spiro atoms. The first-order chi connectivity index (χ1) is 12.7. The van der Waals surface area contributed by atoms with E-state index in [2.05, 4.69) is 15.5 Å². The van der Waals surface area contributed by atoms with Crippen molar-refractivity contribution in [2.75, 3.05) is 12.3 Å². The quantitative estimate of drug-likeness (QED) is 0.644. The number of hydrogen-bond acceptors (Lipinski definition) is 5. The van der Waals surface area contributed by atoms with Crippen LogP contribution in [0.2, 0.25) is 0 Å². The second-order valence-corrected chi connectivity index (χ2v) is 6.69. The lowest BCUT2D eigenvalue weighted by Crippen LogP contribution is -2.32. The Balaban J connectivity index is 1.66. The summed E-state index contributed by atoms with van der Waals surface area (Å²) in [4.78, 5) is 25.4. The number of rotatable bonds is 7. The van der Waals surface area contributed by atoms with Crippen molar-refractivity contribution < 1.29 is 4.79 Å². The molecule has 1 N–H and O–H groups in total.